The highest BCUT2D eigenvalue weighted by molar-refractivity contribution is 6.04. The van der Waals surface area contributed by atoms with Gasteiger partial charge in [0.2, 0.25) is 11.4 Å². The Kier molecular flexibility index (Phi) is 14.2. The highest BCUT2D eigenvalue weighted by Gasteiger charge is 2.45. The topological polar surface area (TPSA) is 31.0 Å². The van der Waals surface area contributed by atoms with Crippen LogP contribution in [0.4, 0.5) is 22.7 Å². The van der Waals surface area contributed by atoms with E-state index in [1.807, 2.05) is 60.7 Å². The van der Waals surface area contributed by atoms with E-state index in [1.165, 1.54) is 67.8 Å². The molecule has 0 amide bonds. The molecule has 0 aliphatic carbocycles. The Hall–Kier alpha value is -7.18. The van der Waals surface area contributed by atoms with Crippen LogP contribution in [-0.4, -0.2) is 61.0 Å². The third kappa shape index (κ3) is 9.52. The van der Waals surface area contributed by atoms with E-state index in [0.717, 1.165) is 37.4 Å². The Morgan fingerprint density at radius 2 is 0.903 bits per heavy atom. The van der Waals surface area contributed by atoms with Crippen molar-refractivity contribution in [2.75, 3.05) is 50.2 Å². The minimum absolute atomic E-state index is 0.0143. The molecule has 0 saturated heterocycles. The highest BCUT2D eigenvalue weighted by Crippen LogP contribution is 2.49. The summed E-state index contributed by atoms with van der Waals surface area (Å²) in [5.41, 5.74) is 15.8. The lowest BCUT2D eigenvalue weighted by Crippen LogP contribution is -2.29. The smallest absolute Gasteiger partial charge is 0.209 e. The van der Waals surface area contributed by atoms with Crippen molar-refractivity contribution in [3.05, 3.63) is 228 Å². The second-order valence-electron chi connectivity index (χ2n) is 21.6. The van der Waals surface area contributed by atoms with Crippen LogP contribution in [0.3, 0.4) is 0 Å². The van der Waals surface area contributed by atoms with Crippen LogP contribution in [-0.2, 0) is 21.7 Å². The van der Waals surface area contributed by atoms with Gasteiger partial charge in [-0.25, -0.2) is 0 Å². The summed E-state index contributed by atoms with van der Waals surface area (Å²) in [6.07, 6.45) is 15.6. The van der Waals surface area contributed by atoms with E-state index in [9.17, 15) is 0 Å². The molecule has 4 aliphatic heterocycles. The molecule has 0 unspecified atom stereocenters. The normalized spacial score (nSPS) is 18.7. The molecular weight excluding hydrogens is 881 g/mol. The fourth-order valence-electron chi connectivity index (χ4n) is 11.7. The summed E-state index contributed by atoms with van der Waals surface area (Å²) < 4.78 is 16.9. The standard InChI is InChI=1S/C41H45N2O2.C25H29N2/c1-40(2)34-22-11-13-24-36(34)42(28-16-30-44-32-18-7-5-8-19-32)38(40)26-15-27-39-41(3,4)35-23-12-14-25-37(35)43(39)29-17-31-45-33-20-9-6-10-21-33;1-24(2)18-12-7-9-14-20(18)26(5)22(24)16-11-17-23-25(3,4)19-13-8-10-15-21(19)27(23)6/h5-15,18-27H,16-17,28-31H2,1-4H3;7-17H,1-6H3/q2*+1. The molecule has 0 bridgehead atoms. The number of hydrogen-bond acceptors (Lipinski definition) is 4. The Bertz CT molecular complexity index is 3110. The molecule has 10 rings (SSSR count). The molecule has 0 N–H and O–H groups in total. The molecule has 0 saturated carbocycles. The minimum Gasteiger partial charge on any atom is -0.494 e. The van der Waals surface area contributed by atoms with Gasteiger partial charge in [-0.2, -0.15) is 9.15 Å². The molecule has 72 heavy (non-hydrogen) atoms. The third-order valence-corrected chi connectivity index (χ3v) is 15.6. The van der Waals surface area contributed by atoms with Crippen LogP contribution in [0.15, 0.2) is 206 Å². The minimum atomic E-state index is -0.103. The summed E-state index contributed by atoms with van der Waals surface area (Å²) in [5, 5.41) is 0. The maximum absolute atomic E-state index is 6.04. The molecule has 4 heterocycles. The number of fused-ring (bicyclic) bond motifs is 4. The van der Waals surface area contributed by atoms with E-state index in [-0.39, 0.29) is 21.7 Å². The number of anilines is 2. The van der Waals surface area contributed by atoms with Gasteiger partial charge in [0.15, 0.2) is 18.0 Å². The number of ether oxygens (including phenoxy) is 2. The van der Waals surface area contributed by atoms with Gasteiger partial charge in [-0.15, -0.1) is 0 Å². The SMILES string of the molecule is CC1(C)C(=CC=CC2=[N+](CCCOc3ccccc3)c3ccccc3C2(C)C)N(CCCOc2ccccc2)c2ccccc21.CN1C(=CC=CC2=[N+](C)c3ccccc3C2(C)C)C(C)(C)c2ccccc21. The van der Waals surface area contributed by atoms with E-state index < -0.39 is 0 Å². The van der Waals surface area contributed by atoms with E-state index in [1.54, 1.807) is 0 Å². The van der Waals surface area contributed by atoms with Crippen LogP contribution in [0.2, 0.25) is 0 Å². The zero-order chi connectivity index (χ0) is 50.7. The highest BCUT2D eigenvalue weighted by atomic mass is 16.5. The van der Waals surface area contributed by atoms with Gasteiger partial charge in [-0.05, 0) is 93.8 Å². The number of allylic oxidation sites excluding steroid dienone is 8. The van der Waals surface area contributed by atoms with Gasteiger partial charge in [0.1, 0.15) is 18.5 Å². The zero-order valence-electron chi connectivity index (χ0n) is 44.3. The molecule has 6 aromatic rings. The molecule has 4 aliphatic rings. The van der Waals surface area contributed by atoms with E-state index in [2.05, 4.69) is 222 Å². The predicted octanol–water partition coefficient (Wildman–Crippen LogP) is 14.8. The van der Waals surface area contributed by atoms with Crippen molar-refractivity contribution in [3.8, 4) is 11.5 Å². The Labute approximate surface area is 430 Å². The molecule has 0 spiro atoms. The first kappa shape index (κ1) is 49.8. The third-order valence-electron chi connectivity index (χ3n) is 15.6. The quantitative estimate of drug-likeness (QED) is 0.0804. The fourth-order valence-corrected chi connectivity index (χ4v) is 11.7. The van der Waals surface area contributed by atoms with Crippen molar-refractivity contribution < 1.29 is 18.6 Å². The lowest BCUT2D eigenvalue weighted by Gasteiger charge is -2.27. The molecule has 6 nitrogen and oxygen atoms in total. The van der Waals surface area contributed by atoms with Crippen LogP contribution in [0.1, 0.15) is 90.5 Å². The van der Waals surface area contributed by atoms with Crippen molar-refractivity contribution in [2.45, 2.75) is 89.9 Å². The van der Waals surface area contributed by atoms with Gasteiger partial charge in [-0.3, -0.25) is 0 Å². The number of likely N-dealkylation sites (N-methyl/N-ethyl adjacent to an activating group) is 1. The van der Waals surface area contributed by atoms with Crippen LogP contribution in [0, 0.1) is 0 Å². The lowest BCUT2D eigenvalue weighted by molar-refractivity contribution is -0.438. The van der Waals surface area contributed by atoms with E-state index in [0.29, 0.717) is 13.2 Å². The first-order chi connectivity index (χ1) is 34.6. The Balaban J connectivity index is 0.000000201. The summed E-state index contributed by atoms with van der Waals surface area (Å²) >= 11 is 0. The zero-order valence-corrected chi connectivity index (χ0v) is 44.3. The summed E-state index contributed by atoms with van der Waals surface area (Å²) in [6, 6.07) is 55.3. The first-order valence-corrected chi connectivity index (χ1v) is 25.9. The summed E-state index contributed by atoms with van der Waals surface area (Å²) in [4.78, 5) is 4.81. The van der Waals surface area contributed by atoms with Crippen LogP contribution < -0.4 is 19.3 Å². The number of para-hydroxylation sites is 6. The largest absolute Gasteiger partial charge is 0.494 e. The van der Waals surface area contributed by atoms with Crippen LogP contribution in [0.5, 0.6) is 11.5 Å². The summed E-state index contributed by atoms with van der Waals surface area (Å²) in [7, 11) is 4.34. The number of hydrogen-bond donors (Lipinski definition) is 0. The maximum Gasteiger partial charge on any atom is 0.209 e. The second-order valence-corrected chi connectivity index (χ2v) is 21.6. The molecule has 0 fully saturated rings. The average molecular weight is 955 g/mol. The molecule has 368 valence electrons. The van der Waals surface area contributed by atoms with Gasteiger partial charge < -0.3 is 19.3 Å². The van der Waals surface area contributed by atoms with Gasteiger partial charge in [0, 0.05) is 89.0 Å². The number of nitrogens with zero attached hydrogens (tertiary/aromatic N) is 4. The fraction of sp³-hybridized carbons (Fsp3) is 0.303. The Morgan fingerprint density at radius 3 is 1.50 bits per heavy atom. The molecule has 6 aromatic carbocycles. The second kappa shape index (κ2) is 20.5. The molecule has 6 heteroatoms. The van der Waals surface area contributed by atoms with Crippen LogP contribution >= 0.6 is 0 Å². The van der Waals surface area contributed by atoms with Gasteiger partial charge in [0.25, 0.3) is 0 Å². The van der Waals surface area contributed by atoms with Gasteiger partial charge in [-0.1, -0.05) is 149 Å². The maximum atomic E-state index is 6.04. The van der Waals surface area contributed by atoms with Crippen molar-refractivity contribution in [1.82, 2.24) is 0 Å². The molecule has 0 atom stereocenters. The van der Waals surface area contributed by atoms with Crippen molar-refractivity contribution >= 4 is 34.2 Å². The van der Waals surface area contributed by atoms with Crippen molar-refractivity contribution in [2.24, 2.45) is 0 Å². The predicted molar refractivity (Wildman–Crippen MR) is 302 cm³/mol. The van der Waals surface area contributed by atoms with Gasteiger partial charge >= 0.3 is 0 Å². The molecule has 0 aromatic heterocycles. The first-order valence-electron chi connectivity index (χ1n) is 25.9. The average Bonchev–Trinajstić information content (AvgIpc) is 3.91. The van der Waals surface area contributed by atoms with E-state index >= 15 is 0 Å². The van der Waals surface area contributed by atoms with Crippen molar-refractivity contribution in [3.63, 3.8) is 0 Å². The number of rotatable bonds is 14. The Morgan fingerprint density at radius 1 is 0.458 bits per heavy atom. The summed E-state index contributed by atoms with van der Waals surface area (Å²) in [5.74, 6) is 1.85. The monoisotopic (exact) mass is 955 g/mol. The van der Waals surface area contributed by atoms with E-state index in [4.69, 9.17) is 9.47 Å². The van der Waals surface area contributed by atoms with Crippen LogP contribution in [0.25, 0.3) is 0 Å². The molecular formula is C66H74N4O2+2. The van der Waals surface area contributed by atoms with Crippen molar-refractivity contribution in [1.29, 1.82) is 0 Å². The molecule has 0 radical (unpaired) electrons. The number of benzene rings is 6. The summed E-state index contributed by atoms with van der Waals surface area (Å²) in [6.45, 7) is 21.8. The lowest BCUT2D eigenvalue weighted by atomic mass is 9.81. The van der Waals surface area contributed by atoms with Gasteiger partial charge in [0.05, 0.1) is 24.0 Å².